The Bertz CT molecular complexity index is 1230. The molecule has 0 aliphatic carbocycles. The number of benzene rings is 2. The molecule has 2 saturated heterocycles. The van der Waals surface area contributed by atoms with E-state index in [1.54, 1.807) is 30.3 Å². The molecule has 10 heteroatoms. The molecule has 3 aliphatic heterocycles. The Kier molecular flexibility index (Phi) is 5.76. The lowest BCUT2D eigenvalue weighted by molar-refractivity contribution is -0.152. The maximum absolute atomic E-state index is 14.1. The molecular formula is C25H23F2N3O5. The third kappa shape index (κ3) is 3.93. The number of Topliss-reactive ketones (excluding diaryl/α,β-unsaturated/α-hetero) is 1. The molecule has 2 N–H and O–H groups in total. The molecule has 35 heavy (non-hydrogen) atoms. The van der Waals surface area contributed by atoms with Crippen LogP contribution in [0.1, 0.15) is 11.1 Å². The fraction of sp³-hybridized carbons (Fsp3) is 0.320. The molecule has 182 valence electrons. The molecule has 5 rings (SSSR count). The predicted molar refractivity (Wildman–Crippen MR) is 118 cm³/mol. The number of nitrogens with one attached hydrogen (secondary N) is 1. The van der Waals surface area contributed by atoms with Gasteiger partial charge >= 0.3 is 0 Å². The third-order valence-electron chi connectivity index (χ3n) is 6.72. The van der Waals surface area contributed by atoms with E-state index in [0.29, 0.717) is 24.8 Å². The van der Waals surface area contributed by atoms with E-state index in [1.165, 1.54) is 15.9 Å². The number of rotatable bonds is 5. The van der Waals surface area contributed by atoms with Crippen LogP contribution in [0.25, 0.3) is 0 Å². The Hall–Kier alpha value is -3.79. The molecule has 0 aromatic heterocycles. The van der Waals surface area contributed by atoms with Gasteiger partial charge in [-0.2, -0.15) is 0 Å². The number of aliphatic hydroxyl groups is 1. The standard InChI is InChI=1S/C25H23F2N3O5/c26-17-7-6-16(18(27)10-17)12-28-24(34)25(11-15-4-2-1-3-5-15)14-29-13-19-30(8-9-35-19)23(33)20(29)21(31)22(25)32/h1-7,10,19,31H,8-9,11-14H2,(H,28,34). The zero-order valence-electron chi connectivity index (χ0n) is 18.7. The molecule has 0 bridgehead atoms. The number of carbonyl (C=O) groups excluding carboxylic acids is 3. The summed E-state index contributed by atoms with van der Waals surface area (Å²) in [6, 6.07) is 11.8. The van der Waals surface area contributed by atoms with Crippen molar-refractivity contribution < 1.29 is 33.0 Å². The smallest absolute Gasteiger partial charge is 0.276 e. The molecule has 2 amide bonds. The van der Waals surface area contributed by atoms with Gasteiger partial charge in [0.15, 0.2) is 5.76 Å². The van der Waals surface area contributed by atoms with Crippen molar-refractivity contribution in [2.75, 3.05) is 26.2 Å². The van der Waals surface area contributed by atoms with Crippen LogP contribution in [0.5, 0.6) is 0 Å². The molecule has 2 aromatic rings. The molecular weight excluding hydrogens is 460 g/mol. The summed E-state index contributed by atoms with van der Waals surface area (Å²) in [5, 5.41) is 13.5. The van der Waals surface area contributed by atoms with Gasteiger partial charge in [0.05, 0.1) is 13.2 Å². The van der Waals surface area contributed by atoms with Gasteiger partial charge in [-0.15, -0.1) is 0 Å². The first-order valence-electron chi connectivity index (χ1n) is 11.2. The highest BCUT2D eigenvalue weighted by Crippen LogP contribution is 2.39. The summed E-state index contributed by atoms with van der Waals surface area (Å²) < 4.78 is 33.0. The molecule has 8 nitrogen and oxygen atoms in total. The van der Waals surface area contributed by atoms with Gasteiger partial charge in [-0.05, 0) is 18.1 Å². The van der Waals surface area contributed by atoms with E-state index in [-0.39, 0.29) is 37.3 Å². The number of hydrogen-bond donors (Lipinski definition) is 2. The van der Waals surface area contributed by atoms with E-state index in [1.807, 2.05) is 0 Å². The lowest BCUT2D eigenvalue weighted by Gasteiger charge is -2.46. The largest absolute Gasteiger partial charge is 0.503 e. The molecule has 2 fully saturated rings. The average molecular weight is 483 g/mol. The minimum absolute atomic E-state index is 0.0430. The monoisotopic (exact) mass is 483 g/mol. The second-order valence-corrected chi connectivity index (χ2v) is 8.89. The summed E-state index contributed by atoms with van der Waals surface area (Å²) in [4.78, 5) is 43.1. The highest BCUT2D eigenvalue weighted by molar-refractivity contribution is 6.17. The number of nitrogens with zero attached hydrogens (tertiary/aromatic N) is 2. The van der Waals surface area contributed by atoms with Gasteiger partial charge in [-0.1, -0.05) is 36.4 Å². The number of ether oxygens (including phenoxy) is 1. The van der Waals surface area contributed by atoms with Crippen molar-refractivity contribution in [1.29, 1.82) is 0 Å². The highest BCUT2D eigenvalue weighted by Gasteiger charge is 2.56. The molecule has 2 aromatic carbocycles. The maximum atomic E-state index is 14.1. The van der Waals surface area contributed by atoms with E-state index in [2.05, 4.69) is 5.32 Å². The second kappa shape index (κ2) is 8.77. The zero-order chi connectivity index (χ0) is 24.7. The summed E-state index contributed by atoms with van der Waals surface area (Å²) in [7, 11) is 0. The van der Waals surface area contributed by atoms with Crippen LogP contribution in [0, 0.1) is 17.0 Å². The van der Waals surface area contributed by atoms with Gasteiger partial charge in [0.2, 0.25) is 11.7 Å². The van der Waals surface area contributed by atoms with Gasteiger partial charge in [-0.3, -0.25) is 14.4 Å². The van der Waals surface area contributed by atoms with Crippen molar-refractivity contribution >= 4 is 17.6 Å². The van der Waals surface area contributed by atoms with Crippen molar-refractivity contribution in [3.05, 3.63) is 82.7 Å². The van der Waals surface area contributed by atoms with E-state index >= 15 is 0 Å². The fourth-order valence-electron chi connectivity index (χ4n) is 4.93. The van der Waals surface area contributed by atoms with Crippen LogP contribution in [0.3, 0.4) is 0 Å². The van der Waals surface area contributed by atoms with Crippen molar-refractivity contribution in [3.8, 4) is 0 Å². The van der Waals surface area contributed by atoms with Crippen molar-refractivity contribution in [1.82, 2.24) is 15.1 Å². The SMILES string of the molecule is O=C1C2=C(O)C(=O)C(Cc3ccccc3)(C(=O)NCc3ccc(F)cc3F)CN2CC2OCCN12. The van der Waals surface area contributed by atoms with Crippen LogP contribution < -0.4 is 5.32 Å². The molecule has 0 saturated carbocycles. The number of piperazine rings is 1. The molecule has 0 spiro atoms. The van der Waals surface area contributed by atoms with Gasteiger partial charge in [-0.25, -0.2) is 8.78 Å². The Morgan fingerprint density at radius 3 is 2.69 bits per heavy atom. The van der Waals surface area contributed by atoms with Crippen LogP contribution in [-0.2, 0) is 32.1 Å². The zero-order valence-corrected chi connectivity index (χ0v) is 18.7. The van der Waals surface area contributed by atoms with Gasteiger partial charge < -0.3 is 25.0 Å². The number of hydrogen-bond acceptors (Lipinski definition) is 6. The van der Waals surface area contributed by atoms with Crippen LogP contribution in [0.2, 0.25) is 0 Å². The predicted octanol–water partition coefficient (Wildman–Crippen LogP) is 1.66. The quantitative estimate of drug-likeness (QED) is 0.628. The Morgan fingerprint density at radius 2 is 1.94 bits per heavy atom. The lowest BCUT2D eigenvalue weighted by Crippen LogP contribution is -2.63. The lowest BCUT2D eigenvalue weighted by atomic mass is 9.72. The number of allylic oxidation sites excluding steroid dienone is 1. The number of ketones is 1. The van der Waals surface area contributed by atoms with Crippen molar-refractivity contribution in [2.24, 2.45) is 5.41 Å². The van der Waals surface area contributed by atoms with Gasteiger partial charge in [0, 0.05) is 31.3 Å². The third-order valence-corrected chi connectivity index (χ3v) is 6.72. The van der Waals surface area contributed by atoms with Crippen LogP contribution in [0.15, 0.2) is 60.0 Å². The minimum atomic E-state index is -1.79. The highest BCUT2D eigenvalue weighted by atomic mass is 19.1. The van der Waals surface area contributed by atoms with Crippen molar-refractivity contribution in [3.63, 3.8) is 0 Å². The summed E-state index contributed by atoms with van der Waals surface area (Å²) in [6.45, 7) is 0.420. The summed E-state index contributed by atoms with van der Waals surface area (Å²) >= 11 is 0. The molecule has 2 unspecified atom stereocenters. The first kappa shape index (κ1) is 23.0. The Balaban J connectivity index is 1.50. The number of amides is 2. The fourth-order valence-corrected chi connectivity index (χ4v) is 4.93. The summed E-state index contributed by atoms with van der Waals surface area (Å²) in [6.07, 6.45) is -0.597. The second-order valence-electron chi connectivity index (χ2n) is 8.89. The molecule has 3 aliphatic rings. The maximum Gasteiger partial charge on any atom is 0.276 e. The topological polar surface area (TPSA) is 99.2 Å². The van der Waals surface area contributed by atoms with Crippen molar-refractivity contribution in [2.45, 2.75) is 19.2 Å². The van der Waals surface area contributed by atoms with E-state index in [4.69, 9.17) is 4.74 Å². The number of carbonyl (C=O) groups is 3. The summed E-state index contributed by atoms with van der Waals surface area (Å²) in [5.74, 6) is -4.49. The number of halogens is 2. The normalized spacial score (nSPS) is 23.9. The Morgan fingerprint density at radius 1 is 1.17 bits per heavy atom. The van der Waals surface area contributed by atoms with Crippen LogP contribution in [-0.4, -0.2) is 65.0 Å². The molecule has 2 atom stereocenters. The number of aliphatic hydroxyl groups excluding tert-OH is 1. The first-order valence-corrected chi connectivity index (χ1v) is 11.2. The van der Waals surface area contributed by atoms with E-state index in [9.17, 15) is 28.3 Å². The number of fused-ring (bicyclic) bond motifs is 2. The van der Waals surface area contributed by atoms with E-state index < -0.39 is 46.6 Å². The Labute approximate surface area is 199 Å². The average Bonchev–Trinajstić information content (AvgIpc) is 3.31. The van der Waals surface area contributed by atoms with Gasteiger partial charge in [0.25, 0.3) is 5.91 Å². The van der Waals surface area contributed by atoms with E-state index in [0.717, 1.165) is 6.07 Å². The van der Waals surface area contributed by atoms with Crippen LogP contribution >= 0.6 is 0 Å². The van der Waals surface area contributed by atoms with Gasteiger partial charge in [0.1, 0.15) is 29.0 Å². The molecule has 0 radical (unpaired) electrons. The minimum Gasteiger partial charge on any atom is -0.503 e. The summed E-state index contributed by atoms with van der Waals surface area (Å²) in [5.41, 5.74) is -1.21. The molecule has 3 heterocycles. The first-order chi connectivity index (χ1) is 16.8. The van der Waals surface area contributed by atoms with Crippen LogP contribution in [0.4, 0.5) is 8.78 Å².